The summed E-state index contributed by atoms with van der Waals surface area (Å²) >= 11 is 0. The lowest BCUT2D eigenvalue weighted by Gasteiger charge is -2.13. The van der Waals surface area contributed by atoms with Gasteiger partial charge in [-0.25, -0.2) is 4.39 Å². The van der Waals surface area contributed by atoms with E-state index in [0.29, 0.717) is 24.0 Å². The summed E-state index contributed by atoms with van der Waals surface area (Å²) in [5, 5.41) is 6.44. The average molecular weight is 473 g/mol. The number of ether oxygens (including phenoxy) is 2. The van der Waals surface area contributed by atoms with Crippen LogP contribution in [0.1, 0.15) is 12.5 Å². The van der Waals surface area contributed by atoms with E-state index >= 15 is 0 Å². The smallest absolute Gasteiger partial charge is 0.195 e. The van der Waals surface area contributed by atoms with Crippen LogP contribution in [0, 0.1) is 5.82 Å². The fourth-order valence-corrected chi connectivity index (χ4v) is 2.31. The van der Waals surface area contributed by atoms with Gasteiger partial charge in [0.1, 0.15) is 5.82 Å². The summed E-state index contributed by atoms with van der Waals surface area (Å²) in [5.41, 5.74) is 1.89. The number of nitrogens with one attached hydrogen (secondary N) is 2. The Morgan fingerprint density at radius 3 is 2.35 bits per heavy atom. The Balaban J connectivity index is 0.00000338. The zero-order valence-corrected chi connectivity index (χ0v) is 17.5. The first-order valence-electron chi connectivity index (χ1n) is 8.18. The summed E-state index contributed by atoms with van der Waals surface area (Å²) in [7, 11) is 3.20. The molecule has 0 radical (unpaired) electrons. The van der Waals surface area contributed by atoms with E-state index in [0.717, 1.165) is 24.2 Å². The minimum absolute atomic E-state index is 0. The van der Waals surface area contributed by atoms with Crippen molar-refractivity contribution in [2.45, 2.75) is 13.3 Å². The molecule has 0 spiro atoms. The molecule has 0 heterocycles. The van der Waals surface area contributed by atoms with Crippen molar-refractivity contribution in [2.24, 2.45) is 4.99 Å². The van der Waals surface area contributed by atoms with Gasteiger partial charge in [-0.3, -0.25) is 4.99 Å². The van der Waals surface area contributed by atoms with Crippen LogP contribution in [-0.4, -0.2) is 33.3 Å². The lowest BCUT2D eigenvalue weighted by molar-refractivity contribution is 0.355. The van der Waals surface area contributed by atoms with Crippen molar-refractivity contribution >= 4 is 35.6 Å². The lowest BCUT2D eigenvalue weighted by Crippen LogP contribution is -2.30. The van der Waals surface area contributed by atoms with Crippen LogP contribution in [0.5, 0.6) is 11.5 Å². The van der Waals surface area contributed by atoms with Crippen LogP contribution in [0.3, 0.4) is 0 Å². The minimum Gasteiger partial charge on any atom is -0.493 e. The first-order chi connectivity index (χ1) is 12.2. The first-order valence-corrected chi connectivity index (χ1v) is 8.18. The number of rotatable bonds is 7. The standard InChI is InChI=1S/C19H24FN3O2.HI/c1-4-21-19(22-12-11-14-5-7-15(20)8-6-14)23-16-9-10-17(24-2)18(13-16)25-3;/h5-10,13H,4,11-12H2,1-3H3,(H2,21,22,23);1H. The maximum Gasteiger partial charge on any atom is 0.195 e. The Morgan fingerprint density at radius 1 is 1.04 bits per heavy atom. The summed E-state index contributed by atoms with van der Waals surface area (Å²) < 4.78 is 23.5. The van der Waals surface area contributed by atoms with E-state index in [1.807, 2.05) is 25.1 Å². The molecule has 0 aliphatic carbocycles. The van der Waals surface area contributed by atoms with Gasteiger partial charge in [0.25, 0.3) is 0 Å². The Kier molecular flexibility index (Phi) is 9.79. The normalized spacial score (nSPS) is 10.7. The van der Waals surface area contributed by atoms with E-state index in [1.54, 1.807) is 26.4 Å². The molecule has 0 unspecified atom stereocenters. The van der Waals surface area contributed by atoms with Gasteiger partial charge in [0, 0.05) is 24.8 Å². The number of hydrogen-bond donors (Lipinski definition) is 2. The van der Waals surface area contributed by atoms with Crippen molar-refractivity contribution in [1.29, 1.82) is 0 Å². The average Bonchev–Trinajstić information content (AvgIpc) is 2.63. The van der Waals surface area contributed by atoms with Gasteiger partial charge in [0.2, 0.25) is 0 Å². The predicted molar refractivity (Wildman–Crippen MR) is 115 cm³/mol. The molecule has 0 fully saturated rings. The van der Waals surface area contributed by atoms with Gasteiger partial charge in [-0.1, -0.05) is 12.1 Å². The topological polar surface area (TPSA) is 54.9 Å². The number of aliphatic imine (C=N–C) groups is 1. The van der Waals surface area contributed by atoms with Gasteiger partial charge >= 0.3 is 0 Å². The molecule has 0 aromatic heterocycles. The minimum atomic E-state index is -0.226. The van der Waals surface area contributed by atoms with E-state index in [1.165, 1.54) is 12.1 Å². The lowest BCUT2D eigenvalue weighted by atomic mass is 10.1. The molecular formula is C19H25FIN3O2. The molecule has 0 bridgehead atoms. The second-order valence-electron chi connectivity index (χ2n) is 5.33. The number of guanidine groups is 1. The second-order valence-corrected chi connectivity index (χ2v) is 5.33. The molecule has 2 aromatic rings. The molecule has 2 rings (SSSR count). The van der Waals surface area contributed by atoms with E-state index in [9.17, 15) is 4.39 Å². The monoisotopic (exact) mass is 473 g/mol. The summed E-state index contributed by atoms with van der Waals surface area (Å²) in [6, 6.07) is 12.1. The third-order valence-corrected chi connectivity index (χ3v) is 3.57. The van der Waals surface area contributed by atoms with Gasteiger partial charge in [-0.05, 0) is 43.2 Å². The summed E-state index contributed by atoms with van der Waals surface area (Å²) in [6.45, 7) is 3.34. The maximum atomic E-state index is 12.9. The second kappa shape index (κ2) is 11.6. The van der Waals surface area contributed by atoms with Gasteiger partial charge in [0.15, 0.2) is 17.5 Å². The molecule has 142 valence electrons. The van der Waals surface area contributed by atoms with Crippen LogP contribution in [-0.2, 0) is 6.42 Å². The van der Waals surface area contributed by atoms with Crippen molar-refractivity contribution < 1.29 is 13.9 Å². The Labute approximate surface area is 171 Å². The first kappa shape index (κ1) is 22.0. The van der Waals surface area contributed by atoms with Crippen molar-refractivity contribution in [3.8, 4) is 11.5 Å². The van der Waals surface area contributed by atoms with Crippen molar-refractivity contribution in [3.63, 3.8) is 0 Å². The van der Waals surface area contributed by atoms with Gasteiger partial charge in [-0.15, -0.1) is 24.0 Å². The molecule has 26 heavy (non-hydrogen) atoms. The highest BCUT2D eigenvalue weighted by molar-refractivity contribution is 14.0. The van der Waals surface area contributed by atoms with Gasteiger partial charge < -0.3 is 20.1 Å². The Hall–Kier alpha value is -2.03. The van der Waals surface area contributed by atoms with Crippen LogP contribution >= 0.6 is 24.0 Å². The zero-order chi connectivity index (χ0) is 18.1. The number of methoxy groups -OCH3 is 2. The van der Waals surface area contributed by atoms with Crippen molar-refractivity contribution in [1.82, 2.24) is 5.32 Å². The molecule has 2 aromatic carbocycles. The van der Waals surface area contributed by atoms with Crippen LogP contribution < -0.4 is 20.1 Å². The third kappa shape index (κ3) is 6.70. The molecule has 5 nitrogen and oxygen atoms in total. The highest BCUT2D eigenvalue weighted by Crippen LogP contribution is 2.29. The van der Waals surface area contributed by atoms with Crippen LogP contribution in [0.15, 0.2) is 47.5 Å². The largest absolute Gasteiger partial charge is 0.493 e. The number of anilines is 1. The van der Waals surface area contributed by atoms with E-state index in [2.05, 4.69) is 15.6 Å². The van der Waals surface area contributed by atoms with E-state index in [-0.39, 0.29) is 29.8 Å². The maximum absolute atomic E-state index is 12.9. The highest BCUT2D eigenvalue weighted by atomic mass is 127. The number of benzene rings is 2. The predicted octanol–water partition coefficient (Wildman–Crippen LogP) is 4.08. The zero-order valence-electron chi connectivity index (χ0n) is 15.2. The van der Waals surface area contributed by atoms with E-state index < -0.39 is 0 Å². The third-order valence-electron chi connectivity index (χ3n) is 3.57. The molecule has 0 aliphatic rings. The summed E-state index contributed by atoms with van der Waals surface area (Å²) in [4.78, 5) is 4.55. The van der Waals surface area contributed by atoms with Crippen LogP contribution in [0.25, 0.3) is 0 Å². The molecule has 0 saturated heterocycles. The summed E-state index contributed by atoms with van der Waals surface area (Å²) in [5.74, 6) is 1.77. The molecular weight excluding hydrogens is 448 g/mol. The highest BCUT2D eigenvalue weighted by Gasteiger charge is 2.06. The quantitative estimate of drug-likeness (QED) is 0.362. The van der Waals surface area contributed by atoms with Crippen molar-refractivity contribution in [3.05, 3.63) is 53.8 Å². The van der Waals surface area contributed by atoms with Gasteiger partial charge in [0.05, 0.1) is 14.2 Å². The molecule has 0 amide bonds. The molecule has 7 heteroatoms. The molecule has 2 N–H and O–H groups in total. The molecule has 0 aliphatic heterocycles. The van der Waals surface area contributed by atoms with E-state index in [4.69, 9.17) is 9.47 Å². The number of hydrogen-bond acceptors (Lipinski definition) is 3. The molecule has 0 saturated carbocycles. The fraction of sp³-hybridized carbons (Fsp3) is 0.316. The number of halogens is 2. The van der Waals surface area contributed by atoms with Gasteiger partial charge in [-0.2, -0.15) is 0 Å². The molecule has 0 atom stereocenters. The van der Waals surface area contributed by atoms with Crippen LogP contribution in [0.2, 0.25) is 0 Å². The van der Waals surface area contributed by atoms with Crippen molar-refractivity contribution in [2.75, 3.05) is 32.6 Å². The Morgan fingerprint density at radius 2 is 1.73 bits per heavy atom. The SMILES string of the molecule is CCNC(=NCCc1ccc(F)cc1)Nc1ccc(OC)c(OC)c1.I. The fourth-order valence-electron chi connectivity index (χ4n) is 2.31. The summed E-state index contributed by atoms with van der Waals surface area (Å²) in [6.07, 6.45) is 0.739. The number of nitrogens with zero attached hydrogens (tertiary/aromatic N) is 1. The van der Waals surface area contributed by atoms with Crippen LogP contribution in [0.4, 0.5) is 10.1 Å². The Bertz CT molecular complexity index is 708.